The van der Waals surface area contributed by atoms with Crippen LogP contribution in [0.5, 0.6) is 0 Å². The van der Waals surface area contributed by atoms with Crippen LogP contribution in [0, 0.1) is 5.92 Å². The third-order valence-corrected chi connectivity index (χ3v) is 1.40. The van der Waals surface area contributed by atoms with Crippen LogP contribution in [0.15, 0.2) is 12.2 Å². The molecule has 0 heterocycles. The third kappa shape index (κ3) is 6.07. The van der Waals surface area contributed by atoms with Crippen LogP contribution < -0.4 is 5.32 Å². The summed E-state index contributed by atoms with van der Waals surface area (Å²) in [6, 6.07) is 0. The fraction of sp³-hybridized carbons (Fsp3) is 0.667. The molecule has 3 nitrogen and oxygen atoms in total. The van der Waals surface area contributed by atoms with Crippen molar-refractivity contribution < 1.29 is 9.90 Å². The first-order valence-corrected chi connectivity index (χ1v) is 4.20. The smallest absolute Gasteiger partial charge is 0.157 e. The molecule has 0 bridgehead atoms. The summed E-state index contributed by atoms with van der Waals surface area (Å²) in [6.07, 6.45) is 3.35. The van der Waals surface area contributed by atoms with Gasteiger partial charge in [-0.05, 0) is 6.08 Å². The Kier molecular flexibility index (Phi) is 6.61. The molecule has 2 N–H and O–H groups in total. The topological polar surface area (TPSA) is 49.3 Å². The van der Waals surface area contributed by atoms with E-state index in [0.29, 0.717) is 13.1 Å². The molecule has 0 saturated carbocycles. The van der Waals surface area contributed by atoms with Crippen LogP contribution in [-0.2, 0) is 4.79 Å². The van der Waals surface area contributed by atoms with E-state index in [1.807, 2.05) is 13.8 Å². The highest BCUT2D eigenvalue weighted by molar-refractivity contribution is 5.91. The van der Waals surface area contributed by atoms with E-state index in [1.54, 1.807) is 12.2 Å². The van der Waals surface area contributed by atoms with E-state index in [4.69, 9.17) is 5.11 Å². The minimum absolute atomic E-state index is 0.0686. The minimum atomic E-state index is 0.0686. The molecule has 70 valence electrons. The van der Waals surface area contributed by atoms with Gasteiger partial charge in [0.25, 0.3) is 0 Å². The van der Waals surface area contributed by atoms with Crippen LogP contribution in [0.2, 0.25) is 0 Å². The number of hydrogen-bond acceptors (Lipinski definition) is 3. The number of hydrogen-bond donors (Lipinski definition) is 2. The normalized spacial score (nSPS) is 11.3. The molecule has 0 aliphatic heterocycles. The van der Waals surface area contributed by atoms with E-state index in [2.05, 4.69) is 5.32 Å². The van der Waals surface area contributed by atoms with Gasteiger partial charge in [-0.25, -0.2) is 0 Å². The van der Waals surface area contributed by atoms with Crippen molar-refractivity contribution in [2.75, 3.05) is 19.7 Å². The van der Waals surface area contributed by atoms with Crippen LogP contribution in [0.4, 0.5) is 0 Å². The summed E-state index contributed by atoms with van der Waals surface area (Å²) in [5.74, 6) is 0.208. The van der Waals surface area contributed by atoms with Crippen molar-refractivity contribution >= 4 is 5.78 Å². The summed E-state index contributed by atoms with van der Waals surface area (Å²) in [6.45, 7) is 5.08. The molecule has 0 amide bonds. The van der Waals surface area contributed by atoms with Gasteiger partial charge in [0, 0.05) is 19.0 Å². The van der Waals surface area contributed by atoms with Crippen LogP contribution in [0.25, 0.3) is 0 Å². The van der Waals surface area contributed by atoms with Crippen molar-refractivity contribution in [2.45, 2.75) is 13.8 Å². The number of rotatable bonds is 6. The Hall–Kier alpha value is -0.670. The summed E-state index contributed by atoms with van der Waals surface area (Å²) in [5, 5.41) is 11.3. The molecule has 3 heteroatoms. The van der Waals surface area contributed by atoms with Gasteiger partial charge in [-0.1, -0.05) is 19.9 Å². The van der Waals surface area contributed by atoms with Gasteiger partial charge in [-0.2, -0.15) is 0 Å². The lowest BCUT2D eigenvalue weighted by atomic mass is 10.1. The number of aliphatic hydroxyl groups is 1. The summed E-state index contributed by atoms with van der Waals surface area (Å²) in [5.41, 5.74) is 0. The third-order valence-electron chi connectivity index (χ3n) is 1.40. The Morgan fingerprint density at radius 3 is 2.75 bits per heavy atom. The first-order chi connectivity index (χ1) is 5.68. The number of carbonyl (C=O) groups excluding carboxylic acids is 1. The quantitative estimate of drug-likeness (QED) is 0.448. The fourth-order valence-corrected chi connectivity index (χ4v) is 0.632. The van der Waals surface area contributed by atoms with Gasteiger partial charge in [-0.3, -0.25) is 4.79 Å². The molecule has 12 heavy (non-hydrogen) atoms. The molecule has 0 rings (SSSR count). The molecule has 0 aromatic rings. The van der Waals surface area contributed by atoms with E-state index in [-0.39, 0.29) is 18.3 Å². The highest BCUT2D eigenvalue weighted by Crippen LogP contribution is 1.94. The molecule has 0 aromatic carbocycles. The number of aliphatic hydroxyl groups excluding tert-OH is 1. The van der Waals surface area contributed by atoms with E-state index in [9.17, 15) is 4.79 Å². The van der Waals surface area contributed by atoms with E-state index in [1.165, 1.54) is 0 Å². The minimum Gasteiger partial charge on any atom is -0.395 e. The predicted octanol–water partition coefficient (Wildman–Crippen LogP) is 0.350. The molecule has 0 spiro atoms. The first-order valence-electron chi connectivity index (χ1n) is 4.20. The van der Waals surface area contributed by atoms with Gasteiger partial charge in [0.15, 0.2) is 5.78 Å². The van der Waals surface area contributed by atoms with Crippen LogP contribution in [0.1, 0.15) is 13.8 Å². The fourth-order valence-electron chi connectivity index (χ4n) is 0.632. The zero-order valence-corrected chi connectivity index (χ0v) is 7.71. The maximum Gasteiger partial charge on any atom is 0.157 e. The van der Waals surface area contributed by atoms with Crippen LogP contribution >= 0.6 is 0 Å². The second-order valence-corrected chi connectivity index (χ2v) is 2.89. The molecular formula is C9H17NO2. The predicted molar refractivity (Wildman–Crippen MR) is 48.9 cm³/mol. The summed E-state index contributed by atoms with van der Waals surface area (Å²) in [7, 11) is 0. The SMILES string of the molecule is CC(C)C(=O)/C=C/CNCCO. The monoisotopic (exact) mass is 171 g/mol. The highest BCUT2D eigenvalue weighted by atomic mass is 16.3. The first kappa shape index (κ1) is 11.3. The lowest BCUT2D eigenvalue weighted by Gasteiger charge is -1.97. The zero-order chi connectivity index (χ0) is 9.40. The van der Waals surface area contributed by atoms with Crippen molar-refractivity contribution in [1.82, 2.24) is 5.32 Å². The number of nitrogens with one attached hydrogen (secondary N) is 1. The van der Waals surface area contributed by atoms with E-state index in [0.717, 1.165) is 0 Å². The molecular weight excluding hydrogens is 154 g/mol. The summed E-state index contributed by atoms with van der Waals surface area (Å²) < 4.78 is 0. The average Bonchev–Trinajstić information content (AvgIpc) is 2.03. The van der Waals surface area contributed by atoms with Crippen molar-refractivity contribution in [2.24, 2.45) is 5.92 Å². The van der Waals surface area contributed by atoms with Crippen molar-refractivity contribution in [3.8, 4) is 0 Å². The maximum atomic E-state index is 11.0. The average molecular weight is 171 g/mol. The second-order valence-electron chi connectivity index (χ2n) is 2.89. The summed E-state index contributed by atoms with van der Waals surface area (Å²) in [4.78, 5) is 11.0. The van der Waals surface area contributed by atoms with Gasteiger partial charge in [0.05, 0.1) is 6.61 Å². The van der Waals surface area contributed by atoms with Crippen molar-refractivity contribution in [1.29, 1.82) is 0 Å². The Labute approximate surface area is 73.5 Å². The number of allylic oxidation sites excluding steroid dienone is 1. The Morgan fingerprint density at radius 1 is 1.58 bits per heavy atom. The van der Waals surface area contributed by atoms with Crippen molar-refractivity contribution in [3.63, 3.8) is 0 Å². The van der Waals surface area contributed by atoms with Crippen LogP contribution in [-0.4, -0.2) is 30.6 Å². The maximum absolute atomic E-state index is 11.0. The Morgan fingerprint density at radius 2 is 2.25 bits per heavy atom. The largest absolute Gasteiger partial charge is 0.395 e. The number of carbonyl (C=O) groups is 1. The van der Waals surface area contributed by atoms with Gasteiger partial charge in [0.1, 0.15) is 0 Å². The van der Waals surface area contributed by atoms with E-state index >= 15 is 0 Å². The molecule has 0 unspecified atom stereocenters. The molecule has 0 aromatic heterocycles. The number of ketones is 1. The highest BCUT2D eigenvalue weighted by Gasteiger charge is 2.00. The van der Waals surface area contributed by atoms with Crippen molar-refractivity contribution in [3.05, 3.63) is 12.2 Å². The molecule has 0 aliphatic rings. The van der Waals surface area contributed by atoms with Gasteiger partial charge >= 0.3 is 0 Å². The summed E-state index contributed by atoms with van der Waals surface area (Å²) >= 11 is 0. The van der Waals surface area contributed by atoms with Crippen LogP contribution in [0.3, 0.4) is 0 Å². The lowest BCUT2D eigenvalue weighted by molar-refractivity contribution is -0.117. The second kappa shape index (κ2) is 7.00. The standard InChI is InChI=1S/C9H17NO2/c1-8(2)9(12)4-3-5-10-6-7-11/h3-4,8,10-11H,5-7H2,1-2H3/b4-3+. The molecule has 0 fully saturated rings. The van der Waals surface area contributed by atoms with Gasteiger partial charge < -0.3 is 10.4 Å². The molecule has 0 atom stereocenters. The zero-order valence-electron chi connectivity index (χ0n) is 7.71. The Bertz CT molecular complexity index is 153. The Balaban J connectivity index is 3.42. The molecule has 0 radical (unpaired) electrons. The molecule has 0 aliphatic carbocycles. The van der Waals surface area contributed by atoms with E-state index < -0.39 is 0 Å². The van der Waals surface area contributed by atoms with Gasteiger partial charge in [-0.15, -0.1) is 0 Å². The van der Waals surface area contributed by atoms with Gasteiger partial charge in [0.2, 0.25) is 0 Å². The lowest BCUT2D eigenvalue weighted by Crippen LogP contribution is -2.18. The molecule has 0 saturated heterocycles.